The minimum Gasteiger partial charge on any atom is -0.462 e. The number of aliphatic hydroxyl groups is 2. The number of carbonyl (C=O) groups is 4. The molecule has 3 rings (SSSR count). The highest BCUT2D eigenvalue weighted by Crippen LogP contribution is 2.61. The Morgan fingerprint density at radius 3 is 2.30 bits per heavy atom. The zero-order valence-electron chi connectivity index (χ0n) is 20.0. The van der Waals surface area contributed by atoms with Crippen LogP contribution in [0.25, 0.3) is 0 Å². The monoisotopic (exact) mass is 466 g/mol. The van der Waals surface area contributed by atoms with Crippen LogP contribution in [0.5, 0.6) is 0 Å². The van der Waals surface area contributed by atoms with E-state index in [0.717, 1.165) is 5.57 Å². The molecule has 0 aromatic rings. The molecule has 0 bridgehead atoms. The van der Waals surface area contributed by atoms with E-state index in [0.29, 0.717) is 19.1 Å². The first-order valence-corrected chi connectivity index (χ1v) is 11.3. The number of aliphatic hydroxyl groups excluding tert-OH is 1. The van der Waals surface area contributed by atoms with Crippen molar-refractivity contribution in [2.45, 2.75) is 90.8 Å². The van der Waals surface area contributed by atoms with E-state index >= 15 is 0 Å². The summed E-state index contributed by atoms with van der Waals surface area (Å²) in [6.45, 7) is 9.10. The summed E-state index contributed by atoms with van der Waals surface area (Å²) < 4.78 is 16.8. The Balaban J connectivity index is 2.29. The number of allylic oxidation sites excluding steroid dienone is 1. The largest absolute Gasteiger partial charge is 0.462 e. The summed E-state index contributed by atoms with van der Waals surface area (Å²) in [7, 11) is 0. The Morgan fingerprint density at radius 1 is 1.18 bits per heavy atom. The highest BCUT2D eigenvalue weighted by atomic mass is 16.6. The third kappa shape index (κ3) is 3.89. The third-order valence-corrected chi connectivity index (χ3v) is 8.05. The van der Waals surface area contributed by atoms with Gasteiger partial charge in [0, 0.05) is 30.6 Å². The van der Waals surface area contributed by atoms with Gasteiger partial charge in [-0.15, -0.1) is 0 Å². The lowest BCUT2D eigenvalue weighted by atomic mass is 9.59. The molecule has 1 heterocycles. The van der Waals surface area contributed by atoms with Crippen molar-refractivity contribution in [1.82, 2.24) is 0 Å². The summed E-state index contributed by atoms with van der Waals surface area (Å²) in [6, 6.07) is 0. The van der Waals surface area contributed by atoms with E-state index in [1.807, 2.05) is 0 Å². The normalized spacial score (nSPS) is 46.8. The zero-order chi connectivity index (χ0) is 24.9. The Kier molecular flexibility index (Phi) is 6.54. The summed E-state index contributed by atoms with van der Waals surface area (Å²) in [5.41, 5.74) is -3.77. The molecule has 9 nitrogen and oxygen atoms in total. The summed E-state index contributed by atoms with van der Waals surface area (Å²) in [6.07, 6.45) is -1.37. The van der Waals surface area contributed by atoms with Crippen molar-refractivity contribution in [1.29, 1.82) is 0 Å². The maximum Gasteiger partial charge on any atom is 0.312 e. The van der Waals surface area contributed by atoms with Crippen molar-refractivity contribution >= 4 is 24.2 Å². The maximum absolute atomic E-state index is 12.5. The van der Waals surface area contributed by atoms with E-state index in [-0.39, 0.29) is 6.42 Å². The van der Waals surface area contributed by atoms with Crippen LogP contribution in [-0.4, -0.2) is 64.4 Å². The predicted octanol–water partition coefficient (Wildman–Crippen LogP) is 1.47. The van der Waals surface area contributed by atoms with Crippen molar-refractivity contribution in [3.05, 3.63) is 11.6 Å². The number of esters is 3. The van der Waals surface area contributed by atoms with Gasteiger partial charge >= 0.3 is 17.9 Å². The first-order chi connectivity index (χ1) is 15.2. The van der Waals surface area contributed by atoms with Gasteiger partial charge in [-0.25, -0.2) is 0 Å². The molecule has 0 spiro atoms. The fourth-order valence-corrected chi connectivity index (χ4v) is 6.27. The topological polar surface area (TPSA) is 136 Å². The van der Waals surface area contributed by atoms with Gasteiger partial charge in [0.2, 0.25) is 0 Å². The number of aldehydes is 1. The first kappa shape index (κ1) is 25.4. The number of carbonyl (C=O) groups excluding carboxylic acids is 4. The van der Waals surface area contributed by atoms with E-state index in [4.69, 9.17) is 14.2 Å². The van der Waals surface area contributed by atoms with Crippen LogP contribution in [-0.2, 0) is 33.4 Å². The lowest BCUT2D eigenvalue weighted by molar-refractivity contribution is -0.201. The maximum atomic E-state index is 12.5. The molecule has 0 aromatic carbocycles. The fourth-order valence-electron chi connectivity index (χ4n) is 6.27. The molecule has 9 atom stereocenters. The van der Waals surface area contributed by atoms with Gasteiger partial charge in [0.15, 0.2) is 6.10 Å². The number of hydrogen-bond acceptors (Lipinski definition) is 9. The van der Waals surface area contributed by atoms with Crippen LogP contribution in [0.1, 0.15) is 60.8 Å². The highest BCUT2D eigenvalue weighted by molar-refractivity contribution is 5.77. The van der Waals surface area contributed by atoms with Gasteiger partial charge < -0.3 is 29.2 Å². The standard InChI is InChI=1S/C24H34O9/c1-12-7-8-16(31-14(3)26)23(6)18(32-15(4)27)10-22(5,11-25)19(23)20(28)24(30)13(2)21(29)33-17(24)9-12/h9,11,13,16-20,28,30H,7-8,10H2,1-6H3/b12-9-/t13-,16-,17-,18-,19-,20+,22+,23-,24-/m0/s1. The summed E-state index contributed by atoms with van der Waals surface area (Å²) in [5, 5.41) is 23.6. The van der Waals surface area contributed by atoms with Gasteiger partial charge in [-0.3, -0.25) is 14.4 Å². The summed E-state index contributed by atoms with van der Waals surface area (Å²) >= 11 is 0. The SMILES string of the molecule is CC(=O)O[C@H]1CC/C(C)=C\[C@@H]2OC(=O)[C@H](C)[C@@]2(O)[C@H](O)[C@@H]2[C@]1(C)[C@@H](OC(C)=O)C[C@]2(C)C=O. The Hall–Kier alpha value is -2.26. The van der Waals surface area contributed by atoms with Crippen molar-refractivity contribution < 1.29 is 43.6 Å². The van der Waals surface area contributed by atoms with Crippen LogP contribution < -0.4 is 0 Å². The van der Waals surface area contributed by atoms with Gasteiger partial charge in [0.05, 0.1) is 12.0 Å². The van der Waals surface area contributed by atoms with Gasteiger partial charge in [0.1, 0.15) is 24.1 Å². The van der Waals surface area contributed by atoms with Crippen LogP contribution in [0.15, 0.2) is 11.6 Å². The highest BCUT2D eigenvalue weighted by Gasteiger charge is 2.71. The molecule has 33 heavy (non-hydrogen) atoms. The average Bonchev–Trinajstić information content (AvgIpc) is 3.07. The van der Waals surface area contributed by atoms with E-state index in [2.05, 4.69) is 0 Å². The second-order valence-electron chi connectivity index (χ2n) is 10.3. The Labute approximate surface area is 193 Å². The van der Waals surface area contributed by atoms with Crippen LogP contribution in [0.4, 0.5) is 0 Å². The molecule has 2 fully saturated rings. The molecule has 1 aliphatic heterocycles. The van der Waals surface area contributed by atoms with Crippen LogP contribution in [0, 0.1) is 22.7 Å². The molecular weight excluding hydrogens is 432 g/mol. The second kappa shape index (κ2) is 8.51. The second-order valence-corrected chi connectivity index (χ2v) is 10.3. The molecule has 2 N–H and O–H groups in total. The molecule has 1 saturated heterocycles. The molecule has 2 aliphatic carbocycles. The number of fused-ring (bicyclic) bond motifs is 2. The summed E-state index contributed by atoms with van der Waals surface area (Å²) in [5.74, 6) is -3.90. The first-order valence-electron chi connectivity index (χ1n) is 11.3. The number of hydrogen-bond donors (Lipinski definition) is 2. The molecule has 3 aliphatic rings. The van der Waals surface area contributed by atoms with Crippen LogP contribution in [0.3, 0.4) is 0 Å². The average molecular weight is 467 g/mol. The van der Waals surface area contributed by atoms with Gasteiger partial charge in [-0.05, 0) is 39.2 Å². The van der Waals surface area contributed by atoms with Crippen LogP contribution in [0.2, 0.25) is 0 Å². The quantitative estimate of drug-likeness (QED) is 0.274. The Morgan fingerprint density at radius 2 is 1.76 bits per heavy atom. The molecule has 0 amide bonds. The van der Waals surface area contributed by atoms with Crippen molar-refractivity contribution in [2.24, 2.45) is 22.7 Å². The van der Waals surface area contributed by atoms with E-state index < -0.39 is 70.6 Å². The zero-order valence-corrected chi connectivity index (χ0v) is 20.0. The van der Waals surface area contributed by atoms with Gasteiger partial charge in [0.25, 0.3) is 0 Å². The Bertz CT molecular complexity index is 881. The number of rotatable bonds is 3. The fraction of sp³-hybridized carbons (Fsp3) is 0.750. The minimum absolute atomic E-state index is 0.0579. The van der Waals surface area contributed by atoms with E-state index in [1.54, 1.807) is 26.8 Å². The third-order valence-electron chi connectivity index (χ3n) is 8.05. The summed E-state index contributed by atoms with van der Waals surface area (Å²) in [4.78, 5) is 49.0. The van der Waals surface area contributed by atoms with E-state index in [9.17, 15) is 29.4 Å². The molecule has 184 valence electrons. The van der Waals surface area contributed by atoms with Crippen molar-refractivity contribution in [3.8, 4) is 0 Å². The molecule has 0 aromatic heterocycles. The van der Waals surface area contributed by atoms with Gasteiger partial charge in [-0.1, -0.05) is 19.4 Å². The predicted molar refractivity (Wildman–Crippen MR) is 114 cm³/mol. The van der Waals surface area contributed by atoms with Crippen molar-refractivity contribution in [2.75, 3.05) is 0 Å². The molecule has 9 heteroatoms. The van der Waals surface area contributed by atoms with Crippen LogP contribution >= 0.6 is 0 Å². The van der Waals surface area contributed by atoms with E-state index in [1.165, 1.54) is 20.8 Å². The minimum atomic E-state index is -2.04. The molecule has 1 saturated carbocycles. The lowest BCUT2D eigenvalue weighted by Gasteiger charge is -2.49. The molecular formula is C24H34O9. The molecule has 0 radical (unpaired) electrons. The van der Waals surface area contributed by atoms with Gasteiger partial charge in [-0.2, -0.15) is 0 Å². The molecule has 0 unspecified atom stereocenters. The number of ether oxygens (including phenoxy) is 3. The van der Waals surface area contributed by atoms with Crippen molar-refractivity contribution in [3.63, 3.8) is 0 Å². The lowest BCUT2D eigenvalue weighted by Crippen LogP contribution is -2.63. The smallest absolute Gasteiger partial charge is 0.312 e.